The highest BCUT2D eigenvalue weighted by Crippen LogP contribution is 2.30. The smallest absolute Gasteiger partial charge is 0.259 e. The molecule has 2 heterocycles. The van der Waals surface area contributed by atoms with E-state index in [2.05, 4.69) is 25.3 Å². The van der Waals surface area contributed by atoms with Gasteiger partial charge in [0, 0.05) is 5.02 Å². The predicted octanol–water partition coefficient (Wildman–Crippen LogP) is 2.83. The number of hydrogen-bond donors (Lipinski definition) is 1. The molecule has 0 spiro atoms. The lowest BCUT2D eigenvalue weighted by atomic mass is 10.2. The maximum Gasteiger partial charge on any atom is 0.259 e. The van der Waals surface area contributed by atoms with E-state index in [-0.39, 0.29) is 5.89 Å². The van der Waals surface area contributed by atoms with E-state index >= 15 is 0 Å². The summed E-state index contributed by atoms with van der Waals surface area (Å²) in [6.07, 6.45) is 1.36. The Hall–Kier alpha value is -1.92. The second-order valence-corrected chi connectivity index (χ2v) is 4.23. The van der Waals surface area contributed by atoms with E-state index < -0.39 is 0 Å². The number of halogens is 2. The first-order valence-corrected chi connectivity index (χ1v) is 5.64. The lowest BCUT2D eigenvalue weighted by Crippen LogP contribution is -1.84. The molecule has 0 saturated carbocycles. The van der Waals surface area contributed by atoms with Crippen molar-refractivity contribution in [3.05, 3.63) is 34.6 Å². The van der Waals surface area contributed by atoms with E-state index in [1.54, 1.807) is 18.2 Å². The zero-order chi connectivity index (χ0) is 12.5. The number of aromatic nitrogens is 5. The molecule has 1 N–H and O–H groups in total. The van der Waals surface area contributed by atoms with Gasteiger partial charge in [-0.25, -0.2) is 4.98 Å². The summed E-state index contributed by atoms with van der Waals surface area (Å²) in [6, 6.07) is 5.00. The first-order chi connectivity index (χ1) is 8.74. The standard InChI is InChI=1S/C10H5Cl2N5O/c11-5-1-2-7(12)6(3-5)10-15-9(17-18-10)8-13-4-14-16-8/h1-4H,(H,13,14,16). The third-order valence-electron chi connectivity index (χ3n) is 2.21. The van der Waals surface area contributed by atoms with Crippen LogP contribution in [-0.2, 0) is 0 Å². The van der Waals surface area contributed by atoms with E-state index in [0.717, 1.165) is 0 Å². The molecule has 3 rings (SSSR count). The van der Waals surface area contributed by atoms with Crippen molar-refractivity contribution >= 4 is 23.2 Å². The predicted molar refractivity (Wildman–Crippen MR) is 65.1 cm³/mol. The largest absolute Gasteiger partial charge is 0.333 e. The van der Waals surface area contributed by atoms with Crippen LogP contribution >= 0.6 is 23.2 Å². The minimum atomic E-state index is 0.272. The van der Waals surface area contributed by atoms with Gasteiger partial charge in [0.2, 0.25) is 5.82 Å². The molecule has 0 saturated heterocycles. The van der Waals surface area contributed by atoms with Crippen LogP contribution in [0, 0.1) is 0 Å². The van der Waals surface area contributed by atoms with Crippen molar-refractivity contribution in [2.24, 2.45) is 0 Å². The van der Waals surface area contributed by atoms with Crippen LogP contribution in [0.3, 0.4) is 0 Å². The van der Waals surface area contributed by atoms with Crippen LogP contribution in [0.15, 0.2) is 29.0 Å². The zero-order valence-electron chi connectivity index (χ0n) is 8.76. The number of rotatable bonds is 2. The van der Waals surface area contributed by atoms with Crippen LogP contribution in [0.4, 0.5) is 0 Å². The quantitative estimate of drug-likeness (QED) is 0.781. The minimum Gasteiger partial charge on any atom is -0.333 e. The summed E-state index contributed by atoms with van der Waals surface area (Å²) in [5.41, 5.74) is 0.572. The Kier molecular flexibility index (Phi) is 2.73. The molecule has 2 aromatic heterocycles. The molecule has 18 heavy (non-hydrogen) atoms. The SMILES string of the molecule is Clc1ccc(Cl)c(-c2nc(-c3ncn[nH]3)no2)c1. The number of benzene rings is 1. The average molecular weight is 282 g/mol. The van der Waals surface area contributed by atoms with E-state index in [1.165, 1.54) is 6.33 Å². The molecular formula is C10H5Cl2N5O. The lowest BCUT2D eigenvalue weighted by molar-refractivity contribution is 0.432. The van der Waals surface area contributed by atoms with Crippen LogP contribution in [0.5, 0.6) is 0 Å². The van der Waals surface area contributed by atoms with Gasteiger partial charge >= 0.3 is 0 Å². The van der Waals surface area contributed by atoms with Crippen molar-refractivity contribution in [2.75, 3.05) is 0 Å². The molecule has 3 aromatic rings. The van der Waals surface area contributed by atoms with Crippen LogP contribution < -0.4 is 0 Å². The molecule has 0 aliphatic carbocycles. The average Bonchev–Trinajstić information content (AvgIpc) is 3.00. The van der Waals surface area contributed by atoms with Gasteiger partial charge in [-0.15, -0.1) is 0 Å². The number of aromatic amines is 1. The van der Waals surface area contributed by atoms with E-state index in [4.69, 9.17) is 27.7 Å². The summed E-state index contributed by atoms with van der Waals surface area (Å²) in [7, 11) is 0. The van der Waals surface area contributed by atoms with Crippen molar-refractivity contribution in [2.45, 2.75) is 0 Å². The Balaban J connectivity index is 2.05. The highest BCUT2D eigenvalue weighted by molar-refractivity contribution is 6.35. The van der Waals surface area contributed by atoms with Gasteiger partial charge in [-0.1, -0.05) is 28.4 Å². The molecule has 0 amide bonds. The second kappa shape index (κ2) is 4.40. The van der Waals surface area contributed by atoms with E-state index in [1.807, 2.05) is 0 Å². The van der Waals surface area contributed by atoms with Gasteiger partial charge in [-0.2, -0.15) is 10.1 Å². The van der Waals surface area contributed by atoms with Crippen molar-refractivity contribution < 1.29 is 4.52 Å². The summed E-state index contributed by atoms with van der Waals surface area (Å²) in [4.78, 5) is 8.09. The fraction of sp³-hybridized carbons (Fsp3) is 0. The van der Waals surface area contributed by atoms with Gasteiger partial charge in [-0.05, 0) is 18.2 Å². The van der Waals surface area contributed by atoms with Crippen molar-refractivity contribution in [3.63, 3.8) is 0 Å². The number of hydrogen-bond acceptors (Lipinski definition) is 5. The van der Waals surface area contributed by atoms with Crippen molar-refractivity contribution in [3.8, 4) is 23.1 Å². The summed E-state index contributed by atoms with van der Waals surface area (Å²) in [5.74, 6) is 0.996. The van der Waals surface area contributed by atoms with Crippen LogP contribution in [0.25, 0.3) is 23.1 Å². The molecule has 1 aromatic carbocycles. The van der Waals surface area contributed by atoms with Crippen LogP contribution in [0.1, 0.15) is 0 Å². The Labute approximate surface area is 111 Å². The molecule has 0 aliphatic heterocycles. The molecule has 6 nitrogen and oxygen atoms in total. The first kappa shape index (κ1) is 11.2. The van der Waals surface area contributed by atoms with Crippen molar-refractivity contribution in [1.82, 2.24) is 25.3 Å². The van der Waals surface area contributed by atoms with Crippen molar-refractivity contribution in [1.29, 1.82) is 0 Å². The van der Waals surface area contributed by atoms with Gasteiger partial charge in [-0.3, -0.25) is 5.10 Å². The molecule has 0 radical (unpaired) electrons. The highest BCUT2D eigenvalue weighted by atomic mass is 35.5. The van der Waals surface area contributed by atoms with Gasteiger partial charge in [0.1, 0.15) is 6.33 Å². The number of H-pyrrole nitrogens is 1. The number of nitrogens with one attached hydrogen (secondary N) is 1. The fourth-order valence-electron chi connectivity index (χ4n) is 1.40. The Morgan fingerprint density at radius 1 is 1.22 bits per heavy atom. The minimum absolute atomic E-state index is 0.272. The summed E-state index contributed by atoms with van der Waals surface area (Å²) >= 11 is 11.9. The molecular weight excluding hydrogens is 277 g/mol. The molecule has 0 bridgehead atoms. The molecule has 0 atom stereocenters. The summed E-state index contributed by atoms with van der Waals surface area (Å²) < 4.78 is 5.12. The molecule has 0 fully saturated rings. The van der Waals surface area contributed by atoms with Gasteiger partial charge < -0.3 is 4.52 Å². The Morgan fingerprint density at radius 3 is 2.89 bits per heavy atom. The molecule has 0 aliphatic rings. The maximum absolute atomic E-state index is 6.04. The second-order valence-electron chi connectivity index (χ2n) is 3.38. The van der Waals surface area contributed by atoms with Gasteiger partial charge in [0.15, 0.2) is 5.82 Å². The monoisotopic (exact) mass is 281 g/mol. The lowest BCUT2D eigenvalue weighted by Gasteiger charge is -1.98. The summed E-state index contributed by atoms with van der Waals surface area (Å²) in [5, 5.41) is 11.1. The molecule has 90 valence electrons. The third kappa shape index (κ3) is 1.96. The van der Waals surface area contributed by atoms with Gasteiger partial charge in [0.05, 0.1) is 10.6 Å². The number of nitrogens with zero attached hydrogens (tertiary/aromatic N) is 4. The molecule has 8 heteroatoms. The topological polar surface area (TPSA) is 80.5 Å². The Morgan fingerprint density at radius 2 is 2.11 bits per heavy atom. The van der Waals surface area contributed by atoms with E-state index in [9.17, 15) is 0 Å². The van der Waals surface area contributed by atoms with Crippen LogP contribution in [0.2, 0.25) is 10.0 Å². The third-order valence-corrected chi connectivity index (χ3v) is 2.78. The summed E-state index contributed by atoms with van der Waals surface area (Å²) in [6.45, 7) is 0. The fourth-order valence-corrected chi connectivity index (χ4v) is 1.77. The maximum atomic E-state index is 6.04. The first-order valence-electron chi connectivity index (χ1n) is 4.89. The normalized spacial score (nSPS) is 10.8. The highest BCUT2D eigenvalue weighted by Gasteiger charge is 2.15. The van der Waals surface area contributed by atoms with E-state index in [0.29, 0.717) is 27.3 Å². The zero-order valence-corrected chi connectivity index (χ0v) is 10.3. The Bertz CT molecular complexity index is 679. The molecule has 0 unspecified atom stereocenters. The van der Waals surface area contributed by atoms with Gasteiger partial charge in [0.25, 0.3) is 5.89 Å². The van der Waals surface area contributed by atoms with Crippen LogP contribution in [-0.4, -0.2) is 25.3 Å².